The molecular weight excluding hydrogens is 298 g/mol. The normalized spacial score (nSPS) is 17.0. The van der Waals surface area contributed by atoms with Crippen LogP contribution in [0.5, 0.6) is 11.5 Å². The van der Waals surface area contributed by atoms with Gasteiger partial charge >= 0.3 is 0 Å². The average Bonchev–Trinajstić information content (AvgIpc) is 3.03. The lowest BCUT2D eigenvalue weighted by molar-refractivity contribution is 0.0679. The molecule has 0 unspecified atom stereocenters. The average molecular weight is 317 g/mol. The van der Waals surface area contributed by atoms with Crippen molar-refractivity contribution in [1.82, 2.24) is 4.90 Å². The fourth-order valence-corrected chi connectivity index (χ4v) is 3.88. The number of carbonyl (C=O) groups is 1. The van der Waals surface area contributed by atoms with Crippen LogP contribution in [0.15, 0.2) is 29.6 Å². The molecule has 1 aliphatic rings. The predicted octanol–water partition coefficient (Wildman–Crippen LogP) is 3.52. The molecule has 1 aliphatic heterocycles. The van der Waals surface area contributed by atoms with Crippen molar-refractivity contribution in [3.05, 3.63) is 45.6 Å². The molecule has 1 aromatic carbocycles. The maximum Gasteiger partial charge on any atom is 0.254 e. The number of thiophene rings is 1. The van der Waals surface area contributed by atoms with E-state index in [4.69, 9.17) is 9.47 Å². The van der Waals surface area contributed by atoms with E-state index in [1.54, 1.807) is 43.8 Å². The van der Waals surface area contributed by atoms with Crippen LogP contribution in [0.3, 0.4) is 0 Å². The number of amides is 1. The molecule has 0 bridgehead atoms. The third-order valence-electron chi connectivity index (χ3n) is 4.17. The molecule has 0 N–H and O–H groups in total. The van der Waals surface area contributed by atoms with Crippen LogP contribution in [0.25, 0.3) is 0 Å². The Kier molecular flexibility index (Phi) is 4.07. The van der Waals surface area contributed by atoms with E-state index < -0.39 is 0 Å². The Balaban J connectivity index is 1.88. The van der Waals surface area contributed by atoms with E-state index in [1.165, 1.54) is 10.4 Å². The standard InChI is InChI=1S/C17H19NO3S/c1-11-13-7-9-22-16(13)6-8-18(11)17(19)12-4-5-14(20-2)15(10-12)21-3/h4-5,7,9-11H,6,8H2,1-3H3/t11-/m0/s1. The second-order valence-corrected chi connectivity index (χ2v) is 6.29. The smallest absolute Gasteiger partial charge is 0.254 e. The number of methoxy groups -OCH3 is 2. The van der Waals surface area contributed by atoms with Crippen LogP contribution in [0.4, 0.5) is 0 Å². The van der Waals surface area contributed by atoms with E-state index in [0.29, 0.717) is 17.1 Å². The van der Waals surface area contributed by atoms with Gasteiger partial charge in [0.05, 0.1) is 20.3 Å². The SMILES string of the molecule is COc1ccc(C(=O)N2CCc3sccc3[C@@H]2C)cc1OC. The van der Waals surface area contributed by atoms with Gasteiger partial charge in [-0.3, -0.25) is 4.79 Å². The summed E-state index contributed by atoms with van der Waals surface area (Å²) < 4.78 is 10.5. The second kappa shape index (κ2) is 6.01. The molecule has 0 aliphatic carbocycles. The van der Waals surface area contributed by atoms with Crippen LogP contribution in [0.2, 0.25) is 0 Å². The molecule has 0 saturated carbocycles. The Labute approximate surface area is 134 Å². The Morgan fingerprint density at radius 2 is 2.00 bits per heavy atom. The summed E-state index contributed by atoms with van der Waals surface area (Å²) >= 11 is 1.78. The fourth-order valence-electron chi connectivity index (χ4n) is 2.92. The van der Waals surface area contributed by atoms with Gasteiger partial charge in [-0.2, -0.15) is 0 Å². The molecule has 4 nitrogen and oxygen atoms in total. The van der Waals surface area contributed by atoms with Gasteiger partial charge in [0.1, 0.15) is 0 Å². The monoisotopic (exact) mass is 317 g/mol. The van der Waals surface area contributed by atoms with Gasteiger partial charge in [-0.25, -0.2) is 0 Å². The highest BCUT2D eigenvalue weighted by Crippen LogP contribution is 2.35. The first-order chi connectivity index (χ1) is 10.7. The van der Waals surface area contributed by atoms with Crippen molar-refractivity contribution in [2.75, 3.05) is 20.8 Å². The molecule has 116 valence electrons. The zero-order chi connectivity index (χ0) is 15.7. The van der Waals surface area contributed by atoms with Crippen LogP contribution in [0.1, 0.15) is 33.8 Å². The summed E-state index contributed by atoms with van der Waals surface area (Å²) in [6.45, 7) is 2.84. The minimum absolute atomic E-state index is 0.0327. The van der Waals surface area contributed by atoms with Gasteiger partial charge in [0, 0.05) is 17.0 Å². The van der Waals surface area contributed by atoms with Gasteiger partial charge in [0.25, 0.3) is 5.91 Å². The maximum atomic E-state index is 12.8. The zero-order valence-electron chi connectivity index (χ0n) is 13.0. The predicted molar refractivity (Wildman–Crippen MR) is 87.0 cm³/mol. The molecule has 2 aromatic rings. The van der Waals surface area contributed by atoms with Gasteiger partial charge in [-0.15, -0.1) is 11.3 Å². The van der Waals surface area contributed by atoms with Crippen LogP contribution in [0, 0.1) is 0 Å². The van der Waals surface area contributed by atoms with Crippen molar-refractivity contribution < 1.29 is 14.3 Å². The first kappa shape index (κ1) is 14.9. The summed E-state index contributed by atoms with van der Waals surface area (Å²) in [5, 5.41) is 2.10. The molecule has 1 amide bonds. The number of hydrogen-bond donors (Lipinski definition) is 0. The lowest BCUT2D eigenvalue weighted by atomic mass is 10.0. The molecule has 0 saturated heterocycles. The summed E-state index contributed by atoms with van der Waals surface area (Å²) in [7, 11) is 3.16. The highest BCUT2D eigenvalue weighted by molar-refractivity contribution is 7.10. The Morgan fingerprint density at radius 3 is 2.73 bits per heavy atom. The molecule has 1 aromatic heterocycles. The van der Waals surface area contributed by atoms with E-state index in [0.717, 1.165) is 13.0 Å². The third-order valence-corrected chi connectivity index (χ3v) is 5.17. The molecule has 0 spiro atoms. The van der Waals surface area contributed by atoms with Crippen LogP contribution in [-0.2, 0) is 6.42 Å². The molecule has 22 heavy (non-hydrogen) atoms. The van der Waals surface area contributed by atoms with Crippen molar-refractivity contribution >= 4 is 17.2 Å². The summed E-state index contributed by atoms with van der Waals surface area (Å²) in [6.07, 6.45) is 0.927. The summed E-state index contributed by atoms with van der Waals surface area (Å²) in [4.78, 5) is 16.2. The first-order valence-corrected chi connectivity index (χ1v) is 8.13. The van der Waals surface area contributed by atoms with Crippen molar-refractivity contribution in [3.63, 3.8) is 0 Å². The first-order valence-electron chi connectivity index (χ1n) is 7.25. The van der Waals surface area contributed by atoms with Crippen molar-refractivity contribution in [2.24, 2.45) is 0 Å². The molecule has 0 fully saturated rings. The molecule has 1 atom stereocenters. The molecule has 2 heterocycles. The summed E-state index contributed by atoms with van der Waals surface area (Å²) in [5.74, 6) is 1.24. The number of rotatable bonds is 3. The lowest BCUT2D eigenvalue weighted by Crippen LogP contribution is -2.38. The molecule has 0 radical (unpaired) electrons. The van der Waals surface area contributed by atoms with Gasteiger partial charge < -0.3 is 14.4 Å². The number of hydrogen-bond acceptors (Lipinski definition) is 4. The van der Waals surface area contributed by atoms with E-state index >= 15 is 0 Å². The van der Waals surface area contributed by atoms with Crippen LogP contribution < -0.4 is 9.47 Å². The number of ether oxygens (including phenoxy) is 2. The van der Waals surface area contributed by atoms with Gasteiger partial charge in [0.2, 0.25) is 0 Å². The third kappa shape index (κ3) is 2.46. The minimum atomic E-state index is 0.0327. The van der Waals surface area contributed by atoms with Gasteiger partial charge in [-0.1, -0.05) is 0 Å². The Bertz CT molecular complexity index is 695. The Hall–Kier alpha value is -2.01. The van der Waals surface area contributed by atoms with E-state index in [2.05, 4.69) is 18.4 Å². The molecular formula is C17H19NO3S. The number of benzene rings is 1. The van der Waals surface area contributed by atoms with E-state index in [1.807, 2.05) is 4.90 Å². The van der Waals surface area contributed by atoms with Crippen molar-refractivity contribution in [3.8, 4) is 11.5 Å². The lowest BCUT2D eigenvalue weighted by Gasteiger charge is -2.33. The summed E-state index contributed by atoms with van der Waals surface area (Å²) in [5.41, 5.74) is 1.90. The Morgan fingerprint density at radius 1 is 1.23 bits per heavy atom. The van der Waals surface area contributed by atoms with Crippen LogP contribution >= 0.6 is 11.3 Å². The quantitative estimate of drug-likeness (QED) is 0.869. The molecule has 5 heteroatoms. The molecule has 3 rings (SSSR count). The maximum absolute atomic E-state index is 12.8. The number of fused-ring (bicyclic) bond motifs is 1. The van der Waals surface area contributed by atoms with Crippen molar-refractivity contribution in [2.45, 2.75) is 19.4 Å². The van der Waals surface area contributed by atoms with Crippen LogP contribution in [-0.4, -0.2) is 31.6 Å². The fraction of sp³-hybridized carbons (Fsp3) is 0.353. The largest absolute Gasteiger partial charge is 0.493 e. The van der Waals surface area contributed by atoms with Gasteiger partial charge in [-0.05, 0) is 48.6 Å². The minimum Gasteiger partial charge on any atom is -0.493 e. The topological polar surface area (TPSA) is 38.8 Å². The van der Waals surface area contributed by atoms with Crippen molar-refractivity contribution in [1.29, 1.82) is 0 Å². The highest BCUT2D eigenvalue weighted by atomic mass is 32.1. The van der Waals surface area contributed by atoms with E-state index in [9.17, 15) is 4.79 Å². The highest BCUT2D eigenvalue weighted by Gasteiger charge is 2.29. The zero-order valence-corrected chi connectivity index (χ0v) is 13.8. The number of nitrogens with zero attached hydrogens (tertiary/aromatic N) is 1. The van der Waals surface area contributed by atoms with Gasteiger partial charge in [0.15, 0.2) is 11.5 Å². The van der Waals surface area contributed by atoms with E-state index in [-0.39, 0.29) is 11.9 Å². The second-order valence-electron chi connectivity index (χ2n) is 5.29. The summed E-state index contributed by atoms with van der Waals surface area (Å²) in [6, 6.07) is 7.54. The number of carbonyl (C=O) groups excluding carboxylic acids is 1.